The summed E-state index contributed by atoms with van der Waals surface area (Å²) in [5.41, 5.74) is 5.58. The molecule has 13 heavy (non-hydrogen) atoms. The molecule has 0 aromatic heterocycles. The molecule has 1 atom stereocenters. The second-order valence-electron chi connectivity index (χ2n) is 3.92. The zero-order valence-electron chi connectivity index (χ0n) is 7.24. The molecule has 0 spiro atoms. The molecule has 3 aliphatic heterocycles. The monoisotopic (exact) mass is 208 g/mol. The Labute approximate surface area is 77.1 Å². The van der Waals surface area contributed by atoms with Gasteiger partial charge in [-0.05, 0) is 25.2 Å². The first-order chi connectivity index (χ1) is 5.93. The highest BCUT2D eigenvalue weighted by molar-refractivity contribution is 7.87. The van der Waals surface area contributed by atoms with E-state index in [4.69, 9.17) is 5.73 Å². The normalized spacial score (nSPS) is 45.1. The van der Waals surface area contributed by atoms with Gasteiger partial charge in [0.05, 0.1) is 0 Å². The molecule has 0 radical (unpaired) electrons. The number of hydrogen-bond acceptors (Lipinski definition) is 4. The largest absolute Gasteiger partial charge is 0.335 e. The topological polar surface area (TPSA) is 63.4 Å². The highest BCUT2D eigenvalue weighted by atomic mass is 32.3. The summed E-state index contributed by atoms with van der Waals surface area (Å²) < 4.78 is 34.7. The maximum atomic E-state index is 12.9. The molecule has 1 unspecified atom stereocenters. The maximum absolute atomic E-state index is 12.9. The molecule has 0 aromatic rings. The van der Waals surface area contributed by atoms with Crippen LogP contribution < -0.4 is 5.73 Å². The van der Waals surface area contributed by atoms with Crippen molar-refractivity contribution in [3.05, 3.63) is 0 Å². The standard InChI is InChI=1S/C7H13FN2O2S/c8-13(11,12)7(9)5-6-1-3-10(7)4-2-6/h6H,1-5,9H2. The van der Waals surface area contributed by atoms with E-state index in [0.29, 0.717) is 13.1 Å². The summed E-state index contributed by atoms with van der Waals surface area (Å²) in [6, 6.07) is 0. The lowest BCUT2D eigenvalue weighted by molar-refractivity contribution is 0.0226. The van der Waals surface area contributed by atoms with Crippen LogP contribution in [0.15, 0.2) is 0 Å². The average molecular weight is 208 g/mol. The maximum Gasteiger partial charge on any atom is 0.335 e. The van der Waals surface area contributed by atoms with Crippen LogP contribution in [0, 0.1) is 5.92 Å². The van der Waals surface area contributed by atoms with Gasteiger partial charge >= 0.3 is 10.2 Å². The van der Waals surface area contributed by atoms with Crippen LogP contribution in [-0.2, 0) is 10.2 Å². The van der Waals surface area contributed by atoms with Gasteiger partial charge < -0.3 is 0 Å². The van der Waals surface area contributed by atoms with Gasteiger partial charge in [-0.3, -0.25) is 10.6 Å². The van der Waals surface area contributed by atoms with Crippen molar-refractivity contribution in [3.8, 4) is 0 Å². The van der Waals surface area contributed by atoms with Gasteiger partial charge in [0.1, 0.15) is 0 Å². The second kappa shape index (κ2) is 2.65. The minimum atomic E-state index is -4.65. The predicted molar refractivity (Wildman–Crippen MR) is 45.9 cm³/mol. The van der Waals surface area contributed by atoms with E-state index in [1.54, 1.807) is 4.90 Å². The smallest absolute Gasteiger partial charge is 0.298 e. The van der Waals surface area contributed by atoms with Crippen LogP contribution in [0.5, 0.6) is 0 Å². The first-order valence-corrected chi connectivity index (χ1v) is 5.80. The molecule has 3 saturated heterocycles. The zero-order chi connectivity index (χ0) is 9.69. The number of hydrogen-bond donors (Lipinski definition) is 1. The Morgan fingerprint density at radius 2 is 1.92 bits per heavy atom. The highest BCUT2D eigenvalue weighted by Gasteiger charge is 2.52. The molecule has 3 rings (SSSR count). The molecule has 3 fully saturated rings. The summed E-state index contributed by atoms with van der Waals surface area (Å²) in [4.78, 5) is -0.184. The molecular formula is C7H13FN2O2S. The summed E-state index contributed by atoms with van der Waals surface area (Å²) >= 11 is 0. The number of piperidine rings is 3. The van der Waals surface area contributed by atoms with E-state index in [1.165, 1.54) is 0 Å². The summed E-state index contributed by atoms with van der Waals surface area (Å²) in [6.45, 7) is 1.20. The molecule has 4 nitrogen and oxygen atoms in total. The first kappa shape index (κ1) is 9.36. The molecule has 2 N–H and O–H groups in total. The molecule has 0 aromatic carbocycles. The van der Waals surface area contributed by atoms with Gasteiger partial charge in [0.25, 0.3) is 0 Å². The lowest BCUT2D eigenvalue weighted by Crippen LogP contribution is -2.66. The van der Waals surface area contributed by atoms with Crippen LogP contribution in [0.3, 0.4) is 0 Å². The summed E-state index contributed by atoms with van der Waals surface area (Å²) in [5.74, 6) is 0.278. The van der Waals surface area contributed by atoms with Gasteiger partial charge in [0, 0.05) is 13.1 Å². The van der Waals surface area contributed by atoms with Gasteiger partial charge in [0.15, 0.2) is 0 Å². The van der Waals surface area contributed by atoms with Crippen molar-refractivity contribution in [1.82, 2.24) is 4.90 Å². The molecule has 0 aliphatic carbocycles. The van der Waals surface area contributed by atoms with Crippen LogP contribution in [0.2, 0.25) is 0 Å². The number of nitrogens with two attached hydrogens (primary N) is 1. The minimum Gasteiger partial charge on any atom is -0.298 e. The van der Waals surface area contributed by atoms with Crippen molar-refractivity contribution in [2.45, 2.75) is 24.3 Å². The van der Waals surface area contributed by atoms with E-state index in [0.717, 1.165) is 12.8 Å². The third-order valence-corrected chi connectivity index (χ3v) is 4.42. The Morgan fingerprint density at radius 3 is 2.15 bits per heavy atom. The van der Waals surface area contributed by atoms with Gasteiger partial charge in [-0.2, -0.15) is 8.42 Å². The predicted octanol–water partition coefficient (Wildman–Crippen LogP) is 0.0139. The Morgan fingerprint density at radius 1 is 1.38 bits per heavy atom. The minimum absolute atomic E-state index is 0.242. The molecule has 6 heteroatoms. The Balaban J connectivity index is 2.34. The molecule has 76 valence electrons. The van der Waals surface area contributed by atoms with E-state index in [9.17, 15) is 12.3 Å². The van der Waals surface area contributed by atoms with Crippen LogP contribution in [0.25, 0.3) is 0 Å². The molecule has 0 amide bonds. The fourth-order valence-electron chi connectivity index (χ4n) is 2.31. The average Bonchev–Trinajstić information content (AvgIpc) is 2.04. The number of rotatable bonds is 1. The third-order valence-electron chi connectivity index (χ3n) is 3.15. The Bertz CT molecular complexity index is 310. The van der Waals surface area contributed by atoms with Crippen molar-refractivity contribution in [1.29, 1.82) is 0 Å². The van der Waals surface area contributed by atoms with Crippen molar-refractivity contribution < 1.29 is 12.3 Å². The number of fused-ring (bicyclic) bond motifs is 3. The van der Waals surface area contributed by atoms with Crippen LogP contribution in [0.1, 0.15) is 19.3 Å². The van der Waals surface area contributed by atoms with Crippen molar-refractivity contribution >= 4 is 10.2 Å². The number of nitrogens with zero attached hydrogens (tertiary/aromatic N) is 1. The molecule has 0 saturated carbocycles. The van der Waals surface area contributed by atoms with Crippen molar-refractivity contribution in [2.24, 2.45) is 11.7 Å². The fraction of sp³-hybridized carbons (Fsp3) is 1.00. The number of halogens is 1. The van der Waals surface area contributed by atoms with E-state index in [2.05, 4.69) is 0 Å². The lowest BCUT2D eigenvalue weighted by atomic mass is 9.86. The fourth-order valence-corrected chi connectivity index (χ4v) is 3.24. The van der Waals surface area contributed by atoms with E-state index in [-0.39, 0.29) is 12.3 Å². The molecular weight excluding hydrogens is 195 g/mol. The van der Waals surface area contributed by atoms with Gasteiger partial charge in [-0.15, -0.1) is 3.89 Å². The quantitative estimate of drug-likeness (QED) is 0.617. The summed E-state index contributed by atoms with van der Waals surface area (Å²) in [7, 11) is -4.65. The summed E-state index contributed by atoms with van der Waals surface area (Å²) in [6.07, 6.45) is 2.12. The van der Waals surface area contributed by atoms with Gasteiger partial charge in [-0.1, -0.05) is 0 Å². The molecule has 3 aliphatic rings. The second-order valence-corrected chi connectivity index (χ2v) is 5.50. The third kappa shape index (κ3) is 1.28. The van der Waals surface area contributed by atoms with Crippen LogP contribution >= 0.6 is 0 Å². The SMILES string of the molecule is NC1(S(=O)(=O)F)CC2CCN1CC2. The van der Waals surface area contributed by atoms with Crippen LogP contribution in [-0.4, -0.2) is 31.4 Å². The van der Waals surface area contributed by atoms with E-state index >= 15 is 0 Å². The van der Waals surface area contributed by atoms with E-state index < -0.39 is 15.2 Å². The lowest BCUT2D eigenvalue weighted by Gasteiger charge is -2.49. The van der Waals surface area contributed by atoms with Gasteiger partial charge in [0.2, 0.25) is 4.99 Å². The Kier molecular flexibility index (Phi) is 1.91. The van der Waals surface area contributed by atoms with Gasteiger partial charge in [-0.25, -0.2) is 0 Å². The van der Waals surface area contributed by atoms with Crippen molar-refractivity contribution in [3.63, 3.8) is 0 Å². The van der Waals surface area contributed by atoms with E-state index in [1.807, 2.05) is 0 Å². The Hall–Kier alpha value is -0.200. The molecule has 3 heterocycles. The summed E-state index contributed by atoms with van der Waals surface area (Å²) in [5, 5.41) is 0. The molecule has 2 bridgehead atoms. The highest BCUT2D eigenvalue weighted by Crippen LogP contribution is 2.39. The first-order valence-electron chi connectivity index (χ1n) is 4.41. The van der Waals surface area contributed by atoms with Crippen molar-refractivity contribution in [2.75, 3.05) is 13.1 Å². The van der Waals surface area contributed by atoms with Crippen LogP contribution in [0.4, 0.5) is 3.89 Å². The zero-order valence-corrected chi connectivity index (χ0v) is 8.06.